The first-order valence-electron chi connectivity index (χ1n) is 21.0. The number of hydrogen-bond donors (Lipinski definition) is 1. The molecule has 2 aliphatic heterocycles. The van der Waals surface area contributed by atoms with Gasteiger partial charge in [0.15, 0.2) is 5.82 Å². The van der Waals surface area contributed by atoms with E-state index in [1.165, 1.54) is 12.0 Å². The number of hydrogen-bond acceptors (Lipinski definition) is 11. The van der Waals surface area contributed by atoms with Crippen molar-refractivity contribution >= 4 is 46.2 Å². The Morgan fingerprint density at radius 2 is 1.54 bits per heavy atom. The molecule has 13 nitrogen and oxygen atoms in total. The van der Waals surface area contributed by atoms with E-state index in [9.17, 15) is 14.4 Å². The number of thiazole rings is 1. The number of carbonyl (C=O) groups excluding carboxylic acids is 3. The van der Waals surface area contributed by atoms with Crippen LogP contribution in [0.1, 0.15) is 82.7 Å². The van der Waals surface area contributed by atoms with Gasteiger partial charge in [-0.15, -0.1) is 32.9 Å². The Bertz CT molecular complexity index is 2870. The highest BCUT2D eigenvalue weighted by Crippen LogP contribution is 2.40. The van der Waals surface area contributed by atoms with Crippen LogP contribution in [0, 0.1) is 27.7 Å². The molecule has 0 bridgehead atoms. The molecular formula is C48H47N9O4S2. The molecule has 320 valence electrons. The second-order valence-corrected chi connectivity index (χ2v) is 18.2. The zero-order valence-electron chi connectivity index (χ0n) is 36.0. The number of thiophene rings is 1. The van der Waals surface area contributed by atoms with Gasteiger partial charge in [0, 0.05) is 34.3 Å². The maximum absolute atomic E-state index is 13.6. The number of carbonyl (C=O) groups is 3. The Kier molecular flexibility index (Phi) is 11.5. The van der Waals surface area contributed by atoms with E-state index in [1.807, 2.05) is 49.2 Å². The molecule has 2 amide bonds. The van der Waals surface area contributed by atoms with E-state index in [2.05, 4.69) is 100 Å². The molecule has 63 heavy (non-hydrogen) atoms. The minimum Gasteiger partial charge on any atom is -0.469 e. The number of nitrogens with zero attached hydrogens (tertiary/aromatic N) is 8. The van der Waals surface area contributed by atoms with E-state index in [4.69, 9.17) is 9.73 Å². The highest BCUT2D eigenvalue weighted by molar-refractivity contribution is 7.15. The maximum Gasteiger partial charge on any atom is 0.308 e. The van der Waals surface area contributed by atoms with Gasteiger partial charge in [0.2, 0.25) is 11.8 Å². The first kappa shape index (κ1) is 41.8. The maximum atomic E-state index is 13.6. The minimum atomic E-state index is -0.560. The Hall–Kier alpha value is -6.58. The number of esters is 1. The highest BCUT2D eigenvalue weighted by Gasteiger charge is 2.35. The van der Waals surface area contributed by atoms with Gasteiger partial charge in [-0.3, -0.25) is 28.6 Å². The van der Waals surface area contributed by atoms with Gasteiger partial charge in [0.1, 0.15) is 29.5 Å². The SMILES string of the molecule is COC(=O)CC1N=C(c2ccc(-c3ccc(-c4cnn(CC(=O)N5CCCC5C(=O)NC(C)c5ccc(-c6scnc6C)cc5)c4)cc3)cc2)c2c(sc(C)c2C)-n2c(C)nnc21. The number of methoxy groups -OCH3 is 1. The number of rotatable bonds is 11. The van der Waals surface area contributed by atoms with E-state index < -0.39 is 12.1 Å². The molecule has 3 aromatic carbocycles. The third-order valence-corrected chi connectivity index (χ3v) is 14.3. The van der Waals surface area contributed by atoms with Crippen molar-refractivity contribution in [3.63, 3.8) is 0 Å². The molecule has 3 unspecified atom stereocenters. The molecule has 2 aliphatic rings. The Labute approximate surface area is 373 Å². The smallest absolute Gasteiger partial charge is 0.308 e. The van der Waals surface area contributed by atoms with Crippen molar-refractivity contribution in [2.75, 3.05) is 13.7 Å². The number of amides is 2. The summed E-state index contributed by atoms with van der Waals surface area (Å²) in [5.41, 5.74) is 12.8. The predicted octanol–water partition coefficient (Wildman–Crippen LogP) is 8.54. The summed E-state index contributed by atoms with van der Waals surface area (Å²) >= 11 is 3.29. The predicted molar refractivity (Wildman–Crippen MR) is 245 cm³/mol. The van der Waals surface area contributed by atoms with E-state index in [1.54, 1.807) is 38.5 Å². The van der Waals surface area contributed by atoms with Crippen LogP contribution < -0.4 is 5.32 Å². The van der Waals surface area contributed by atoms with Crippen LogP contribution in [0.4, 0.5) is 0 Å². The number of benzene rings is 3. The van der Waals surface area contributed by atoms with Crippen LogP contribution in [0.5, 0.6) is 0 Å². The number of fused-ring (bicyclic) bond motifs is 3. The second-order valence-electron chi connectivity index (χ2n) is 16.1. The lowest BCUT2D eigenvalue weighted by Crippen LogP contribution is -2.47. The molecule has 15 heteroatoms. The van der Waals surface area contributed by atoms with Crippen molar-refractivity contribution in [1.82, 2.24) is 39.7 Å². The van der Waals surface area contributed by atoms with Crippen molar-refractivity contribution in [2.45, 2.75) is 78.6 Å². The molecule has 4 aromatic heterocycles. The third-order valence-electron chi connectivity index (χ3n) is 12.1. The van der Waals surface area contributed by atoms with Gasteiger partial charge in [-0.05, 0) is 80.8 Å². The second kappa shape index (κ2) is 17.3. The van der Waals surface area contributed by atoms with E-state index >= 15 is 0 Å². The third kappa shape index (κ3) is 8.14. The van der Waals surface area contributed by atoms with Crippen molar-refractivity contribution < 1.29 is 19.1 Å². The Morgan fingerprint density at radius 1 is 0.873 bits per heavy atom. The summed E-state index contributed by atoms with van der Waals surface area (Å²) in [4.78, 5) is 53.2. The van der Waals surface area contributed by atoms with Gasteiger partial charge in [-0.2, -0.15) is 5.10 Å². The fraction of sp³-hybridized carbons (Fsp3) is 0.292. The van der Waals surface area contributed by atoms with Crippen LogP contribution in [-0.2, 0) is 25.7 Å². The van der Waals surface area contributed by atoms with E-state index in [0.717, 1.165) is 83.6 Å². The zero-order valence-corrected chi connectivity index (χ0v) is 37.6. The van der Waals surface area contributed by atoms with Gasteiger partial charge < -0.3 is 15.0 Å². The summed E-state index contributed by atoms with van der Waals surface area (Å²) in [6.45, 7) is 10.7. The summed E-state index contributed by atoms with van der Waals surface area (Å²) in [5, 5.41) is 17.5. The number of aromatic nitrogens is 6. The number of aryl methyl sites for hydroxylation is 3. The van der Waals surface area contributed by atoms with Crippen molar-refractivity contribution in [3.05, 3.63) is 135 Å². The van der Waals surface area contributed by atoms with Crippen LogP contribution >= 0.6 is 22.7 Å². The van der Waals surface area contributed by atoms with Crippen LogP contribution in [0.15, 0.2) is 95.7 Å². The molecule has 1 fully saturated rings. The van der Waals surface area contributed by atoms with Crippen LogP contribution in [0.25, 0.3) is 37.7 Å². The van der Waals surface area contributed by atoms with Gasteiger partial charge in [-0.25, -0.2) is 4.98 Å². The first-order valence-corrected chi connectivity index (χ1v) is 22.7. The monoisotopic (exact) mass is 877 g/mol. The summed E-state index contributed by atoms with van der Waals surface area (Å²) in [5.74, 6) is 0.720. The first-order chi connectivity index (χ1) is 30.5. The van der Waals surface area contributed by atoms with Crippen molar-refractivity contribution in [3.8, 4) is 37.7 Å². The average molecular weight is 878 g/mol. The Balaban J connectivity index is 0.856. The normalized spacial score (nSPS) is 16.2. The lowest BCUT2D eigenvalue weighted by Gasteiger charge is -2.25. The van der Waals surface area contributed by atoms with Crippen LogP contribution in [0.3, 0.4) is 0 Å². The summed E-state index contributed by atoms with van der Waals surface area (Å²) < 4.78 is 8.71. The van der Waals surface area contributed by atoms with Gasteiger partial charge in [0.05, 0.1) is 47.6 Å². The lowest BCUT2D eigenvalue weighted by molar-refractivity contribution is -0.141. The van der Waals surface area contributed by atoms with E-state index in [0.29, 0.717) is 18.8 Å². The van der Waals surface area contributed by atoms with Crippen molar-refractivity contribution in [1.29, 1.82) is 0 Å². The van der Waals surface area contributed by atoms with Crippen LogP contribution in [-0.4, -0.2) is 77.6 Å². The lowest BCUT2D eigenvalue weighted by atomic mass is 9.96. The standard InChI is InChI=1S/C48H47N9O4S2/c1-27-30(4)63-48-43(27)44(52-39(22-42(59)61-6)46-54-53-31(5)57(46)48)36-17-15-34(16-18-36)33-11-13-35(14-12-33)38-23-50-55(24-38)25-41(58)56-21-7-8-40(56)47(60)51-28(2)32-9-19-37(20-10-32)45-29(3)49-26-62-45/h9-20,23-24,26,28,39-40H,7-8,21-22,25H2,1-6H3,(H,51,60). The topological polar surface area (TPSA) is 149 Å². The van der Waals surface area contributed by atoms with Gasteiger partial charge >= 0.3 is 5.97 Å². The van der Waals surface area contributed by atoms with Crippen LogP contribution in [0.2, 0.25) is 0 Å². The number of aliphatic imine (C=N–C) groups is 1. The highest BCUT2D eigenvalue weighted by atomic mass is 32.1. The van der Waals surface area contributed by atoms with Crippen molar-refractivity contribution in [2.24, 2.45) is 4.99 Å². The number of ether oxygens (including phenoxy) is 1. The molecule has 0 radical (unpaired) electrons. The molecule has 1 saturated heterocycles. The zero-order chi connectivity index (χ0) is 43.9. The number of nitrogens with one attached hydrogen (secondary N) is 1. The van der Waals surface area contributed by atoms with Gasteiger partial charge in [-0.1, -0.05) is 72.8 Å². The molecule has 0 saturated carbocycles. The molecule has 6 heterocycles. The molecule has 3 atom stereocenters. The largest absolute Gasteiger partial charge is 0.469 e. The van der Waals surface area contributed by atoms with Gasteiger partial charge in [0.25, 0.3) is 0 Å². The molecule has 0 spiro atoms. The average Bonchev–Trinajstić information content (AvgIpc) is 4.15. The molecule has 0 aliphatic carbocycles. The fourth-order valence-corrected chi connectivity index (χ4v) is 10.5. The molecular weight excluding hydrogens is 831 g/mol. The fourth-order valence-electron chi connectivity index (χ4n) is 8.50. The molecule has 1 N–H and O–H groups in total. The minimum absolute atomic E-state index is 0.0439. The van der Waals surface area contributed by atoms with E-state index in [-0.39, 0.29) is 36.8 Å². The molecule has 7 aromatic rings. The number of likely N-dealkylation sites (tertiary alicyclic amines) is 1. The quantitative estimate of drug-likeness (QED) is 0.127. The summed E-state index contributed by atoms with van der Waals surface area (Å²) in [6, 6.07) is 23.5. The summed E-state index contributed by atoms with van der Waals surface area (Å²) in [7, 11) is 1.38. The Morgan fingerprint density at radius 3 is 2.21 bits per heavy atom. The summed E-state index contributed by atoms with van der Waals surface area (Å²) in [6.07, 6.45) is 5.08. The molecule has 9 rings (SSSR count).